The van der Waals surface area contributed by atoms with Crippen LogP contribution in [0.3, 0.4) is 0 Å². The third-order valence-corrected chi connectivity index (χ3v) is 2.58. The zero-order valence-electron chi connectivity index (χ0n) is 9.12. The molecule has 0 bridgehead atoms. The zero-order chi connectivity index (χ0) is 12.7. The number of nitro groups is 1. The van der Waals surface area contributed by atoms with Crippen LogP contribution in [-0.4, -0.2) is 4.92 Å². The largest absolute Gasteiger partial charge is 0.449 e. The molecule has 2 N–H and O–H groups in total. The lowest BCUT2D eigenvalue weighted by Crippen LogP contribution is -2.02. The highest BCUT2D eigenvalue weighted by atomic mass is 16.6. The van der Waals surface area contributed by atoms with Crippen LogP contribution in [-0.2, 0) is 0 Å². The van der Waals surface area contributed by atoms with Crippen molar-refractivity contribution in [2.24, 2.45) is 0 Å². The topological polar surface area (TPSA) is 87.6 Å². The lowest BCUT2D eigenvalue weighted by atomic mass is 10.2. The number of nitro benzene ring substituents is 1. The van der Waals surface area contributed by atoms with Crippen LogP contribution < -0.4 is 15.2 Å². The third kappa shape index (κ3) is 1.51. The van der Waals surface area contributed by atoms with E-state index in [1.807, 2.05) is 0 Å². The van der Waals surface area contributed by atoms with Gasteiger partial charge in [0.2, 0.25) is 0 Å². The number of hydrogen-bond acceptors (Lipinski definition) is 5. The maximum absolute atomic E-state index is 10.7. The van der Waals surface area contributed by atoms with Gasteiger partial charge in [-0.15, -0.1) is 0 Å². The van der Waals surface area contributed by atoms with Crippen LogP contribution in [0.5, 0.6) is 23.0 Å². The lowest BCUT2D eigenvalue weighted by Gasteiger charge is -2.21. The molecule has 18 heavy (non-hydrogen) atoms. The standard InChI is InChI=1S/C12H8N2O4/c13-8-2-1-3-10-12(8)18-9-5-4-7(14(15)16)6-11(9)17-10/h1-6H,13H2. The van der Waals surface area contributed by atoms with E-state index in [1.165, 1.54) is 18.2 Å². The molecule has 1 aliphatic rings. The quantitative estimate of drug-likeness (QED) is 0.403. The van der Waals surface area contributed by atoms with Crippen LogP contribution in [0.1, 0.15) is 0 Å². The second-order valence-corrected chi connectivity index (χ2v) is 3.77. The van der Waals surface area contributed by atoms with E-state index in [0.29, 0.717) is 28.7 Å². The zero-order valence-corrected chi connectivity index (χ0v) is 9.12. The summed E-state index contributed by atoms with van der Waals surface area (Å²) < 4.78 is 11.1. The number of nitrogen functional groups attached to an aromatic ring is 1. The van der Waals surface area contributed by atoms with Crippen LogP contribution in [0.25, 0.3) is 0 Å². The number of nitrogens with zero attached hydrogens (tertiary/aromatic N) is 1. The number of anilines is 1. The highest BCUT2D eigenvalue weighted by Crippen LogP contribution is 2.48. The Hall–Kier alpha value is -2.76. The van der Waals surface area contributed by atoms with E-state index in [0.717, 1.165) is 0 Å². The fourth-order valence-electron chi connectivity index (χ4n) is 1.73. The van der Waals surface area contributed by atoms with Crippen LogP contribution >= 0.6 is 0 Å². The Balaban J connectivity index is 2.08. The Kier molecular flexibility index (Phi) is 2.09. The molecule has 6 nitrogen and oxygen atoms in total. The smallest absolute Gasteiger partial charge is 0.273 e. The average Bonchev–Trinajstić information content (AvgIpc) is 2.36. The summed E-state index contributed by atoms with van der Waals surface area (Å²) in [4.78, 5) is 10.2. The van der Waals surface area contributed by atoms with Crippen LogP contribution in [0, 0.1) is 10.1 Å². The summed E-state index contributed by atoms with van der Waals surface area (Å²) in [5, 5.41) is 10.7. The first kappa shape index (κ1) is 10.4. The van der Waals surface area contributed by atoms with Crippen LogP contribution in [0.2, 0.25) is 0 Å². The van der Waals surface area contributed by atoms with Crippen molar-refractivity contribution in [3.63, 3.8) is 0 Å². The van der Waals surface area contributed by atoms with Gasteiger partial charge < -0.3 is 15.2 Å². The number of non-ortho nitro benzene ring substituents is 1. The Bertz CT molecular complexity index is 655. The van der Waals surface area contributed by atoms with E-state index >= 15 is 0 Å². The number of para-hydroxylation sites is 1. The SMILES string of the molecule is Nc1cccc2c1Oc1ccc([N+](=O)[O-])cc1O2. The van der Waals surface area contributed by atoms with Gasteiger partial charge in [0, 0.05) is 6.07 Å². The minimum atomic E-state index is -0.488. The van der Waals surface area contributed by atoms with Gasteiger partial charge in [0.05, 0.1) is 16.7 Å². The second-order valence-electron chi connectivity index (χ2n) is 3.77. The highest BCUT2D eigenvalue weighted by Gasteiger charge is 2.22. The molecule has 90 valence electrons. The summed E-state index contributed by atoms with van der Waals surface area (Å²) in [6, 6.07) is 9.27. The molecule has 0 atom stereocenters. The highest BCUT2D eigenvalue weighted by molar-refractivity contribution is 5.66. The summed E-state index contributed by atoms with van der Waals surface area (Å²) >= 11 is 0. The van der Waals surface area contributed by atoms with E-state index in [-0.39, 0.29) is 5.69 Å². The Morgan fingerprint density at radius 3 is 2.67 bits per heavy atom. The molecule has 2 aromatic carbocycles. The molecule has 0 saturated carbocycles. The van der Waals surface area contributed by atoms with E-state index in [9.17, 15) is 10.1 Å². The van der Waals surface area contributed by atoms with Crippen molar-refractivity contribution in [1.82, 2.24) is 0 Å². The van der Waals surface area contributed by atoms with Gasteiger partial charge in [-0.05, 0) is 18.2 Å². The molecule has 6 heteroatoms. The molecular weight excluding hydrogens is 236 g/mol. The van der Waals surface area contributed by atoms with Crippen molar-refractivity contribution >= 4 is 11.4 Å². The predicted octanol–water partition coefficient (Wildman–Crippen LogP) is 3.08. The van der Waals surface area contributed by atoms with Gasteiger partial charge >= 0.3 is 0 Å². The first-order valence-corrected chi connectivity index (χ1v) is 5.18. The number of ether oxygens (including phenoxy) is 2. The second kappa shape index (κ2) is 3.63. The van der Waals surface area contributed by atoms with Crippen molar-refractivity contribution in [3.05, 3.63) is 46.5 Å². The molecule has 0 radical (unpaired) electrons. The van der Waals surface area contributed by atoms with E-state index in [2.05, 4.69) is 0 Å². The number of nitrogens with two attached hydrogens (primary N) is 1. The Labute approximate surface area is 102 Å². The molecule has 0 amide bonds. The maximum atomic E-state index is 10.7. The van der Waals surface area contributed by atoms with Crippen molar-refractivity contribution in [3.8, 4) is 23.0 Å². The number of fused-ring (bicyclic) bond motifs is 2. The summed E-state index contributed by atoms with van der Waals surface area (Å²) in [6.45, 7) is 0. The normalized spacial score (nSPS) is 11.8. The fourth-order valence-corrected chi connectivity index (χ4v) is 1.73. The molecule has 0 unspecified atom stereocenters. The molecular formula is C12H8N2O4. The Morgan fingerprint density at radius 2 is 1.89 bits per heavy atom. The summed E-state index contributed by atoms with van der Waals surface area (Å²) in [5.41, 5.74) is 6.17. The number of rotatable bonds is 1. The molecule has 0 aliphatic carbocycles. The van der Waals surface area contributed by atoms with Gasteiger partial charge in [0.1, 0.15) is 0 Å². The van der Waals surface area contributed by atoms with Crippen molar-refractivity contribution in [1.29, 1.82) is 0 Å². The van der Waals surface area contributed by atoms with Gasteiger partial charge in [-0.1, -0.05) is 6.07 Å². The molecule has 0 saturated heterocycles. The van der Waals surface area contributed by atoms with Gasteiger partial charge in [-0.25, -0.2) is 0 Å². The summed E-state index contributed by atoms with van der Waals surface area (Å²) in [7, 11) is 0. The number of benzene rings is 2. The summed E-state index contributed by atoms with van der Waals surface area (Å²) in [5.74, 6) is 1.59. The van der Waals surface area contributed by atoms with Gasteiger partial charge in [0.15, 0.2) is 23.0 Å². The van der Waals surface area contributed by atoms with E-state index in [4.69, 9.17) is 15.2 Å². The maximum Gasteiger partial charge on any atom is 0.273 e. The van der Waals surface area contributed by atoms with Crippen LogP contribution in [0.15, 0.2) is 36.4 Å². The van der Waals surface area contributed by atoms with Gasteiger partial charge in [0.25, 0.3) is 5.69 Å². The minimum absolute atomic E-state index is 0.0512. The lowest BCUT2D eigenvalue weighted by molar-refractivity contribution is -0.384. The first-order chi connectivity index (χ1) is 8.65. The molecule has 1 aliphatic heterocycles. The third-order valence-electron chi connectivity index (χ3n) is 2.58. The van der Waals surface area contributed by atoms with E-state index in [1.54, 1.807) is 18.2 Å². The molecule has 0 spiro atoms. The van der Waals surface area contributed by atoms with Crippen LogP contribution in [0.4, 0.5) is 11.4 Å². The molecule has 0 fully saturated rings. The average molecular weight is 244 g/mol. The predicted molar refractivity (Wildman–Crippen MR) is 64.1 cm³/mol. The van der Waals surface area contributed by atoms with Crippen molar-refractivity contribution in [2.45, 2.75) is 0 Å². The molecule has 1 heterocycles. The summed E-state index contributed by atoms with van der Waals surface area (Å²) in [6.07, 6.45) is 0. The first-order valence-electron chi connectivity index (χ1n) is 5.18. The molecule has 2 aromatic rings. The van der Waals surface area contributed by atoms with Gasteiger partial charge in [-0.2, -0.15) is 0 Å². The Morgan fingerprint density at radius 1 is 1.06 bits per heavy atom. The minimum Gasteiger partial charge on any atom is -0.449 e. The molecule has 3 rings (SSSR count). The fraction of sp³-hybridized carbons (Fsp3) is 0. The van der Waals surface area contributed by atoms with E-state index < -0.39 is 4.92 Å². The monoisotopic (exact) mass is 244 g/mol. The number of hydrogen-bond donors (Lipinski definition) is 1. The van der Waals surface area contributed by atoms with Gasteiger partial charge in [-0.3, -0.25) is 10.1 Å². The van der Waals surface area contributed by atoms with Crippen molar-refractivity contribution in [2.75, 3.05) is 5.73 Å². The molecule has 0 aromatic heterocycles. The van der Waals surface area contributed by atoms with Crippen molar-refractivity contribution < 1.29 is 14.4 Å².